The maximum atomic E-state index is 13.1. The van der Waals surface area contributed by atoms with E-state index >= 15 is 0 Å². The highest BCUT2D eigenvalue weighted by atomic mass is 32.2. The van der Waals surface area contributed by atoms with Crippen LogP contribution in [-0.2, 0) is 14.8 Å². The number of benzene rings is 1. The molecule has 0 aliphatic rings. The topological polar surface area (TPSA) is 91.4 Å². The van der Waals surface area contributed by atoms with Crippen molar-refractivity contribution in [2.24, 2.45) is 5.73 Å². The van der Waals surface area contributed by atoms with Gasteiger partial charge in [0.1, 0.15) is 5.60 Å². The number of hydrogen-bond acceptors (Lipinski definition) is 5. The zero-order chi connectivity index (χ0) is 19.7. The second kappa shape index (κ2) is 7.25. The molecule has 0 bridgehead atoms. The van der Waals surface area contributed by atoms with E-state index in [1.165, 1.54) is 12.3 Å². The van der Waals surface area contributed by atoms with Crippen LogP contribution in [0.3, 0.4) is 0 Å². The number of rotatable bonds is 5. The highest BCUT2D eigenvalue weighted by molar-refractivity contribution is 7.90. The summed E-state index contributed by atoms with van der Waals surface area (Å²) < 4.78 is 32.6. The van der Waals surface area contributed by atoms with Gasteiger partial charge in [0.25, 0.3) is 10.0 Å². The van der Waals surface area contributed by atoms with Crippen LogP contribution in [-0.4, -0.2) is 24.0 Å². The molecule has 0 aliphatic heterocycles. The van der Waals surface area contributed by atoms with Gasteiger partial charge in [-0.2, -0.15) is 0 Å². The van der Waals surface area contributed by atoms with E-state index in [0.29, 0.717) is 6.42 Å². The van der Waals surface area contributed by atoms with Gasteiger partial charge in [-0.1, -0.05) is 24.6 Å². The summed E-state index contributed by atoms with van der Waals surface area (Å²) in [4.78, 5) is 12.7. The number of aromatic nitrogens is 1. The molecule has 0 aliphatic carbocycles. The molecule has 26 heavy (non-hydrogen) atoms. The predicted octanol–water partition coefficient (Wildman–Crippen LogP) is 3.40. The molecule has 7 heteroatoms. The van der Waals surface area contributed by atoms with Gasteiger partial charge >= 0.3 is 5.97 Å². The molecule has 0 fully saturated rings. The highest BCUT2D eigenvalue weighted by Gasteiger charge is 2.29. The summed E-state index contributed by atoms with van der Waals surface area (Å²) >= 11 is 0. The Morgan fingerprint density at radius 3 is 2.27 bits per heavy atom. The van der Waals surface area contributed by atoms with Gasteiger partial charge in [-0.3, -0.25) is 0 Å². The Bertz CT molecular complexity index is 891. The number of aryl methyl sites for hydroxylation is 1. The standard InChI is InChI=1S/C19H26N2O4S/c1-6-16(20)17-15(18(22)25-19(3,4)5)11-12-21(17)26(23,24)14-9-7-13(2)8-10-14/h7-12,16H,6,20H2,1-5H3. The average Bonchev–Trinajstić information content (AvgIpc) is 2.99. The third-order valence-electron chi connectivity index (χ3n) is 3.88. The van der Waals surface area contributed by atoms with Crippen LogP contribution < -0.4 is 5.73 Å². The van der Waals surface area contributed by atoms with Gasteiger partial charge < -0.3 is 10.5 Å². The van der Waals surface area contributed by atoms with Gasteiger partial charge in [0.15, 0.2) is 0 Å². The molecule has 1 heterocycles. The molecule has 0 amide bonds. The molecule has 0 spiro atoms. The summed E-state index contributed by atoms with van der Waals surface area (Å²) in [6, 6.07) is 7.37. The van der Waals surface area contributed by atoms with E-state index in [9.17, 15) is 13.2 Å². The molecule has 0 saturated heterocycles. The van der Waals surface area contributed by atoms with Crippen molar-refractivity contribution in [3.05, 3.63) is 53.3 Å². The number of carbonyl (C=O) groups is 1. The molecule has 1 aromatic heterocycles. The minimum absolute atomic E-state index is 0.138. The monoisotopic (exact) mass is 378 g/mol. The molecule has 142 valence electrons. The van der Waals surface area contributed by atoms with Crippen molar-refractivity contribution < 1.29 is 17.9 Å². The molecule has 2 aromatic rings. The molecule has 1 aromatic carbocycles. The van der Waals surface area contributed by atoms with Gasteiger partial charge in [0, 0.05) is 12.2 Å². The Kier molecular flexibility index (Phi) is 5.63. The van der Waals surface area contributed by atoms with Crippen LogP contribution >= 0.6 is 0 Å². The normalized spacial score (nSPS) is 13.5. The van der Waals surface area contributed by atoms with Crippen molar-refractivity contribution in [3.8, 4) is 0 Å². The van der Waals surface area contributed by atoms with E-state index in [1.54, 1.807) is 45.0 Å². The van der Waals surface area contributed by atoms with Gasteiger partial charge in [0.2, 0.25) is 0 Å². The number of nitrogens with two attached hydrogens (primary N) is 1. The molecular formula is C19H26N2O4S. The average molecular weight is 378 g/mol. The second-order valence-corrected chi connectivity index (χ2v) is 9.06. The first kappa shape index (κ1) is 20.2. The maximum absolute atomic E-state index is 13.1. The van der Waals surface area contributed by atoms with E-state index < -0.39 is 27.6 Å². The predicted molar refractivity (Wildman–Crippen MR) is 101 cm³/mol. The number of nitrogens with zero attached hydrogens (tertiary/aromatic N) is 1. The van der Waals surface area contributed by atoms with E-state index in [4.69, 9.17) is 10.5 Å². The second-order valence-electron chi connectivity index (χ2n) is 7.25. The van der Waals surface area contributed by atoms with Crippen molar-refractivity contribution in [3.63, 3.8) is 0 Å². The summed E-state index contributed by atoms with van der Waals surface area (Å²) in [5.74, 6) is -0.589. The van der Waals surface area contributed by atoms with Gasteiger partial charge in [-0.15, -0.1) is 0 Å². The lowest BCUT2D eigenvalue weighted by Crippen LogP contribution is -2.27. The maximum Gasteiger partial charge on any atom is 0.340 e. The summed E-state index contributed by atoms with van der Waals surface area (Å²) in [6.45, 7) is 8.98. The Labute approximate surface area is 155 Å². The van der Waals surface area contributed by atoms with E-state index in [2.05, 4.69) is 0 Å². The zero-order valence-corrected chi connectivity index (χ0v) is 16.6. The van der Waals surface area contributed by atoms with Crippen LogP contribution in [0.4, 0.5) is 0 Å². The largest absolute Gasteiger partial charge is 0.456 e. The summed E-state index contributed by atoms with van der Waals surface area (Å²) in [5, 5.41) is 0. The Morgan fingerprint density at radius 2 is 1.77 bits per heavy atom. The molecule has 2 N–H and O–H groups in total. The van der Waals surface area contributed by atoms with Gasteiger partial charge in [-0.25, -0.2) is 17.2 Å². The minimum atomic E-state index is -3.87. The molecule has 0 saturated carbocycles. The van der Waals surface area contributed by atoms with Crippen LogP contribution in [0.15, 0.2) is 41.4 Å². The Morgan fingerprint density at radius 1 is 1.19 bits per heavy atom. The minimum Gasteiger partial charge on any atom is -0.456 e. The fraction of sp³-hybridized carbons (Fsp3) is 0.421. The van der Waals surface area contributed by atoms with E-state index in [-0.39, 0.29) is 16.2 Å². The van der Waals surface area contributed by atoms with Crippen LogP contribution in [0.25, 0.3) is 0 Å². The molecule has 1 atom stereocenters. The lowest BCUT2D eigenvalue weighted by Gasteiger charge is -2.21. The lowest BCUT2D eigenvalue weighted by molar-refractivity contribution is 0.00679. The summed E-state index contributed by atoms with van der Waals surface area (Å²) in [7, 11) is -3.87. The van der Waals surface area contributed by atoms with Crippen molar-refractivity contribution in [2.75, 3.05) is 0 Å². The number of carbonyl (C=O) groups excluding carboxylic acids is 1. The Balaban J connectivity index is 2.59. The van der Waals surface area contributed by atoms with Crippen molar-refractivity contribution in [2.45, 2.75) is 57.6 Å². The zero-order valence-electron chi connectivity index (χ0n) is 15.8. The quantitative estimate of drug-likeness (QED) is 0.805. The van der Waals surface area contributed by atoms with Crippen LogP contribution in [0.1, 0.15) is 61.8 Å². The highest BCUT2D eigenvalue weighted by Crippen LogP contribution is 2.27. The van der Waals surface area contributed by atoms with Crippen LogP contribution in [0.5, 0.6) is 0 Å². The van der Waals surface area contributed by atoms with E-state index in [1.807, 2.05) is 13.8 Å². The number of esters is 1. The summed E-state index contributed by atoms with van der Waals surface area (Å²) in [6.07, 6.45) is 1.84. The fourth-order valence-corrected chi connectivity index (χ4v) is 3.94. The van der Waals surface area contributed by atoms with Crippen LogP contribution in [0.2, 0.25) is 0 Å². The third-order valence-corrected chi connectivity index (χ3v) is 5.58. The third kappa shape index (κ3) is 4.16. The van der Waals surface area contributed by atoms with Crippen molar-refractivity contribution in [1.29, 1.82) is 0 Å². The number of ether oxygens (including phenoxy) is 1. The Hall–Kier alpha value is -2.12. The lowest BCUT2D eigenvalue weighted by atomic mass is 10.1. The first-order valence-corrected chi connectivity index (χ1v) is 9.94. The first-order chi connectivity index (χ1) is 12.0. The van der Waals surface area contributed by atoms with E-state index in [0.717, 1.165) is 9.54 Å². The van der Waals surface area contributed by atoms with Crippen molar-refractivity contribution >= 4 is 16.0 Å². The molecule has 1 unspecified atom stereocenters. The van der Waals surface area contributed by atoms with Gasteiger partial charge in [0.05, 0.1) is 16.2 Å². The molecule has 6 nitrogen and oxygen atoms in total. The SMILES string of the molecule is CCC(N)c1c(C(=O)OC(C)(C)C)ccn1S(=O)(=O)c1ccc(C)cc1. The molecule has 2 rings (SSSR count). The smallest absolute Gasteiger partial charge is 0.340 e. The number of hydrogen-bond donors (Lipinski definition) is 1. The van der Waals surface area contributed by atoms with Crippen LogP contribution in [0, 0.1) is 6.92 Å². The molecular weight excluding hydrogens is 352 g/mol. The van der Waals surface area contributed by atoms with Gasteiger partial charge in [-0.05, 0) is 52.3 Å². The molecule has 0 radical (unpaired) electrons. The van der Waals surface area contributed by atoms with Crippen molar-refractivity contribution in [1.82, 2.24) is 3.97 Å². The summed E-state index contributed by atoms with van der Waals surface area (Å²) in [5.41, 5.74) is 6.82. The fourth-order valence-electron chi connectivity index (χ4n) is 2.52. The first-order valence-electron chi connectivity index (χ1n) is 8.49.